The molecule has 0 amide bonds. The van der Waals surface area contributed by atoms with Crippen LogP contribution in [0.4, 0.5) is 0 Å². The third-order valence-corrected chi connectivity index (χ3v) is 3.76. The molecule has 1 aromatic heterocycles. The Labute approximate surface area is 104 Å². The second kappa shape index (κ2) is 4.19. The second-order valence-corrected chi connectivity index (χ2v) is 5.66. The van der Waals surface area contributed by atoms with Crippen LogP contribution in [0.1, 0.15) is 19.4 Å². The van der Waals surface area contributed by atoms with E-state index in [4.69, 9.17) is 0 Å². The first kappa shape index (κ1) is 12.2. The molecule has 2 heteroatoms. The molecule has 0 atom stereocenters. The summed E-state index contributed by atoms with van der Waals surface area (Å²) in [5.41, 5.74) is 2.87. The molecule has 0 fully saturated rings. The number of likely N-dealkylation sites (N-methyl/N-ethyl adjacent to an activating group) is 1. The summed E-state index contributed by atoms with van der Waals surface area (Å²) in [5.74, 6) is 0. The van der Waals surface area contributed by atoms with Crippen LogP contribution in [0, 0.1) is 6.92 Å². The SMILES string of the molecule is Cc1cccc2ccn(CC(C)(C)N(C)C)c12. The third-order valence-electron chi connectivity index (χ3n) is 3.76. The topological polar surface area (TPSA) is 8.17 Å². The fourth-order valence-corrected chi connectivity index (χ4v) is 2.14. The molecule has 1 heterocycles. The molecule has 0 aliphatic rings. The number of nitrogens with zero attached hydrogens (tertiary/aromatic N) is 2. The van der Waals surface area contributed by atoms with E-state index >= 15 is 0 Å². The van der Waals surface area contributed by atoms with Crippen molar-refractivity contribution in [1.29, 1.82) is 0 Å². The number of para-hydroxylation sites is 1. The van der Waals surface area contributed by atoms with Crippen molar-refractivity contribution in [2.24, 2.45) is 0 Å². The Kier molecular flexibility index (Phi) is 3.00. The highest BCUT2D eigenvalue weighted by atomic mass is 15.2. The Bertz CT molecular complexity index is 521. The van der Waals surface area contributed by atoms with E-state index in [9.17, 15) is 0 Å². The predicted octanol–water partition coefficient (Wildman–Crippen LogP) is 3.29. The van der Waals surface area contributed by atoms with Gasteiger partial charge in [-0.1, -0.05) is 18.2 Å². The minimum atomic E-state index is 0.161. The van der Waals surface area contributed by atoms with Crippen LogP contribution in [0.15, 0.2) is 30.5 Å². The quantitative estimate of drug-likeness (QED) is 0.785. The molecule has 0 saturated carbocycles. The van der Waals surface area contributed by atoms with Gasteiger partial charge in [0.15, 0.2) is 0 Å². The lowest BCUT2D eigenvalue weighted by molar-refractivity contribution is 0.171. The summed E-state index contributed by atoms with van der Waals surface area (Å²) in [6.07, 6.45) is 2.20. The molecular weight excluding hydrogens is 208 g/mol. The van der Waals surface area contributed by atoms with Gasteiger partial charge in [0, 0.05) is 18.3 Å². The van der Waals surface area contributed by atoms with Crippen LogP contribution in [-0.2, 0) is 6.54 Å². The molecular formula is C15H22N2. The molecule has 0 saturated heterocycles. The number of hydrogen-bond donors (Lipinski definition) is 0. The standard InChI is InChI=1S/C15H22N2/c1-12-7-6-8-13-9-10-17(14(12)13)11-15(2,3)16(4)5/h6-10H,11H2,1-5H3. The summed E-state index contributed by atoms with van der Waals surface area (Å²) in [6.45, 7) is 7.74. The molecule has 2 aromatic rings. The van der Waals surface area contributed by atoms with E-state index in [0.717, 1.165) is 6.54 Å². The van der Waals surface area contributed by atoms with Crippen molar-refractivity contribution in [2.75, 3.05) is 14.1 Å². The Balaban J connectivity index is 2.44. The number of aromatic nitrogens is 1. The van der Waals surface area contributed by atoms with Gasteiger partial charge in [0.05, 0.1) is 5.52 Å². The van der Waals surface area contributed by atoms with Gasteiger partial charge in [-0.25, -0.2) is 0 Å². The average molecular weight is 230 g/mol. The number of benzene rings is 1. The lowest BCUT2D eigenvalue weighted by Crippen LogP contribution is -2.41. The summed E-state index contributed by atoms with van der Waals surface area (Å²) in [7, 11) is 4.27. The van der Waals surface area contributed by atoms with Crippen molar-refractivity contribution in [3.8, 4) is 0 Å². The Morgan fingerprint density at radius 1 is 1.18 bits per heavy atom. The van der Waals surface area contributed by atoms with Gasteiger partial charge in [0.1, 0.15) is 0 Å². The van der Waals surface area contributed by atoms with E-state index in [1.807, 2.05) is 0 Å². The van der Waals surface area contributed by atoms with Gasteiger partial charge in [-0.3, -0.25) is 0 Å². The van der Waals surface area contributed by atoms with Crippen LogP contribution < -0.4 is 0 Å². The van der Waals surface area contributed by atoms with Gasteiger partial charge >= 0.3 is 0 Å². The summed E-state index contributed by atoms with van der Waals surface area (Å²) in [4.78, 5) is 2.27. The van der Waals surface area contributed by atoms with E-state index < -0.39 is 0 Å². The van der Waals surface area contributed by atoms with Crippen LogP contribution >= 0.6 is 0 Å². The minimum absolute atomic E-state index is 0.161. The van der Waals surface area contributed by atoms with Gasteiger partial charge < -0.3 is 9.47 Å². The molecule has 1 aromatic carbocycles. The average Bonchev–Trinajstić information content (AvgIpc) is 2.62. The van der Waals surface area contributed by atoms with Crippen molar-refractivity contribution in [3.63, 3.8) is 0 Å². The first-order valence-electron chi connectivity index (χ1n) is 6.14. The van der Waals surface area contributed by atoms with Crippen LogP contribution in [0.25, 0.3) is 10.9 Å². The van der Waals surface area contributed by atoms with Gasteiger partial charge in [-0.05, 0) is 51.9 Å². The van der Waals surface area contributed by atoms with Crippen molar-refractivity contribution in [1.82, 2.24) is 9.47 Å². The Morgan fingerprint density at radius 3 is 2.53 bits per heavy atom. The molecule has 0 spiro atoms. The van der Waals surface area contributed by atoms with Crippen molar-refractivity contribution < 1.29 is 0 Å². The molecule has 0 radical (unpaired) electrons. The van der Waals surface area contributed by atoms with Crippen molar-refractivity contribution >= 4 is 10.9 Å². The zero-order valence-electron chi connectivity index (χ0n) is 11.5. The Hall–Kier alpha value is -1.28. The number of rotatable bonds is 3. The second-order valence-electron chi connectivity index (χ2n) is 5.66. The molecule has 2 rings (SSSR count). The lowest BCUT2D eigenvalue weighted by Gasteiger charge is -2.33. The molecule has 0 N–H and O–H groups in total. The molecule has 2 nitrogen and oxygen atoms in total. The molecule has 0 aliphatic heterocycles. The molecule has 92 valence electrons. The minimum Gasteiger partial charge on any atom is -0.345 e. The number of fused-ring (bicyclic) bond motifs is 1. The van der Waals surface area contributed by atoms with Crippen LogP contribution in [0.2, 0.25) is 0 Å². The van der Waals surface area contributed by atoms with E-state index in [1.165, 1.54) is 16.5 Å². The normalized spacial score (nSPS) is 12.6. The fourth-order valence-electron chi connectivity index (χ4n) is 2.14. The third kappa shape index (κ3) is 2.22. The smallest absolute Gasteiger partial charge is 0.0510 e. The maximum Gasteiger partial charge on any atom is 0.0510 e. The van der Waals surface area contributed by atoms with E-state index in [-0.39, 0.29) is 5.54 Å². The zero-order valence-corrected chi connectivity index (χ0v) is 11.5. The predicted molar refractivity (Wildman–Crippen MR) is 74.4 cm³/mol. The van der Waals surface area contributed by atoms with Crippen LogP contribution in [-0.4, -0.2) is 29.1 Å². The molecule has 17 heavy (non-hydrogen) atoms. The molecule has 0 bridgehead atoms. The van der Waals surface area contributed by atoms with Crippen LogP contribution in [0.3, 0.4) is 0 Å². The van der Waals surface area contributed by atoms with E-state index in [0.29, 0.717) is 0 Å². The number of aryl methyl sites for hydroxylation is 1. The molecule has 0 aliphatic carbocycles. The monoisotopic (exact) mass is 230 g/mol. The van der Waals surface area contributed by atoms with Crippen molar-refractivity contribution in [2.45, 2.75) is 32.9 Å². The Morgan fingerprint density at radius 2 is 1.88 bits per heavy atom. The lowest BCUT2D eigenvalue weighted by atomic mass is 10.0. The van der Waals surface area contributed by atoms with E-state index in [1.54, 1.807) is 0 Å². The highest BCUT2D eigenvalue weighted by Gasteiger charge is 2.21. The van der Waals surface area contributed by atoms with Crippen molar-refractivity contribution in [3.05, 3.63) is 36.0 Å². The first-order chi connectivity index (χ1) is 7.92. The highest BCUT2D eigenvalue weighted by molar-refractivity contribution is 5.83. The number of hydrogen-bond acceptors (Lipinski definition) is 1. The summed E-state index contributed by atoms with van der Waals surface area (Å²) in [5, 5.41) is 1.33. The highest BCUT2D eigenvalue weighted by Crippen LogP contribution is 2.23. The summed E-state index contributed by atoms with van der Waals surface area (Å²) < 4.78 is 2.37. The zero-order chi connectivity index (χ0) is 12.6. The van der Waals surface area contributed by atoms with E-state index in [2.05, 4.69) is 74.8 Å². The molecule has 0 unspecified atom stereocenters. The fraction of sp³-hybridized carbons (Fsp3) is 0.467. The summed E-state index contributed by atoms with van der Waals surface area (Å²) in [6, 6.07) is 8.69. The van der Waals surface area contributed by atoms with Gasteiger partial charge in [0.2, 0.25) is 0 Å². The first-order valence-corrected chi connectivity index (χ1v) is 6.14. The maximum absolute atomic E-state index is 2.37. The summed E-state index contributed by atoms with van der Waals surface area (Å²) >= 11 is 0. The van der Waals surface area contributed by atoms with Gasteiger partial charge in [0.25, 0.3) is 0 Å². The largest absolute Gasteiger partial charge is 0.345 e. The van der Waals surface area contributed by atoms with Gasteiger partial charge in [-0.2, -0.15) is 0 Å². The maximum atomic E-state index is 2.37. The van der Waals surface area contributed by atoms with Gasteiger partial charge in [-0.15, -0.1) is 0 Å². The van der Waals surface area contributed by atoms with Crippen LogP contribution in [0.5, 0.6) is 0 Å².